The zero-order valence-electron chi connectivity index (χ0n) is 21.3. The first kappa shape index (κ1) is 29.9. The first-order chi connectivity index (χ1) is 18.1. The summed E-state index contributed by atoms with van der Waals surface area (Å²) in [5.74, 6) is -0.784. The molecule has 0 saturated carbocycles. The van der Waals surface area contributed by atoms with Crippen LogP contribution in [0.1, 0.15) is 32.3 Å². The van der Waals surface area contributed by atoms with Gasteiger partial charge in [-0.3, -0.25) is 13.9 Å². The molecule has 0 heterocycles. The molecule has 2 amide bonds. The monoisotopic (exact) mass is 663 g/mol. The van der Waals surface area contributed by atoms with E-state index in [1.165, 1.54) is 17.0 Å². The molecule has 0 fully saturated rings. The molecular formula is C28H31Br2N3O4S. The van der Waals surface area contributed by atoms with E-state index in [-0.39, 0.29) is 17.3 Å². The molecule has 1 N–H and O–H groups in total. The number of anilines is 1. The third kappa shape index (κ3) is 7.91. The van der Waals surface area contributed by atoms with Crippen LogP contribution >= 0.6 is 31.9 Å². The van der Waals surface area contributed by atoms with Crippen molar-refractivity contribution in [2.45, 2.75) is 44.2 Å². The van der Waals surface area contributed by atoms with Gasteiger partial charge in [0.15, 0.2) is 0 Å². The summed E-state index contributed by atoms with van der Waals surface area (Å²) in [4.78, 5) is 28.3. The lowest BCUT2D eigenvalue weighted by atomic mass is 10.1. The number of hydrogen-bond acceptors (Lipinski definition) is 4. The van der Waals surface area contributed by atoms with E-state index < -0.39 is 28.5 Å². The van der Waals surface area contributed by atoms with E-state index >= 15 is 0 Å². The second-order valence-electron chi connectivity index (χ2n) is 8.77. The van der Waals surface area contributed by atoms with Gasteiger partial charge in [-0.05, 0) is 67.4 Å². The second-order valence-corrected chi connectivity index (χ2v) is 12.5. The van der Waals surface area contributed by atoms with Crippen LogP contribution < -0.4 is 9.62 Å². The molecule has 7 nitrogen and oxygen atoms in total. The lowest BCUT2D eigenvalue weighted by Gasteiger charge is -2.32. The molecule has 3 aromatic rings. The number of rotatable bonds is 12. The minimum absolute atomic E-state index is 0.0691. The molecule has 0 saturated heterocycles. The lowest BCUT2D eigenvalue weighted by Crippen LogP contribution is -2.51. The topological polar surface area (TPSA) is 86.8 Å². The first-order valence-electron chi connectivity index (χ1n) is 12.3. The number of unbranched alkanes of at least 4 members (excludes halogenated alkanes) is 1. The van der Waals surface area contributed by atoms with E-state index in [4.69, 9.17) is 0 Å². The van der Waals surface area contributed by atoms with Gasteiger partial charge in [-0.25, -0.2) is 8.42 Å². The molecule has 0 aliphatic carbocycles. The van der Waals surface area contributed by atoms with Crippen molar-refractivity contribution in [2.24, 2.45) is 0 Å². The fourth-order valence-corrected chi connectivity index (χ4v) is 5.95. The molecule has 0 aliphatic heterocycles. The molecule has 1 unspecified atom stereocenters. The Morgan fingerprint density at radius 1 is 0.921 bits per heavy atom. The number of carbonyl (C=O) groups is 2. The number of nitrogens with zero attached hydrogens (tertiary/aromatic N) is 2. The summed E-state index contributed by atoms with van der Waals surface area (Å²) >= 11 is 6.83. The number of carbonyl (C=O) groups excluding carboxylic acids is 2. The van der Waals surface area contributed by atoms with Gasteiger partial charge in [0.1, 0.15) is 12.6 Å². The zero-order valence-corrected chi connectivity index (χ0v) is 25.3. The number of nitrogens with one attached hydrogen (secondary N) is 1. The molecule has 0 bridgehead atoms. The van der Waals surface area contributed by atoms with Crippen molar-refractivity contribution in [3.8, 4) is 0 Å². The standard InChI is InChI=1S/C28H31Br2N3O4S/c1-3-4-17-31-28(35)21(2)32(19-22-9-8-10-24(30)18-22)27(34)20-33(25-15-13-23(29)14-16-25)38(36,37)26-11-6-5-7-12-26/h5-16,18,21H,3-4,17,19-20H2,1-2H3,(H,31,35). The SMILES string of the molecule is CCCCNC(=O)C(C)N(Cc1cccc(Br)c1)C(=O)CN(c1ccc(Br)cc1)S(=O)(=O)c1ccccc1. The zero-order chi connectivity index (χ0) is 27.7. The highest BCUT2D eigenvalue weighted by Gasteiger charge is 2.32. The number of hydrogen-bond donors (Lipinski definition) is 1. The Bertz CT molecular complexity index is 1340. The molecule has 202 valence electrons. The van der Waals surface area contributed by atoms with Crippen LogP contribution in [0.5, 0.6) is 0 Å². The van der Waals surface area contributed by atoms with E-state index in [1.807, 2.05) is 31.2 Å². The fraction of sp³-hybridized carbons (Fsp3) is 0.286. The quantitative estimate of drug-likeness (QED) is 0.250. The average molecular weight is 665 g/mol. The van der Waals surface area contributed by atoms with Gasteiger partial charge in [0.25, 0.3) is 10.0 Å². The first-order valence-corrected chi connectivity index (χ1v) is 15.3. The molecule has 3 aromatic carbocycles. The number of amides is 2. The van der Waals surface area contributed by atoms with E-state index in [0.29, 0.717) is 12.2 Å². The van der Waals surface area contributed by atoms with Crippen LogP contribution in [-0.4, -0.2) is 44.3 Å². The Balaban J connectivity index is 1.98. The Morgan fingerprint density at radius 3 is 2.24 bits per heavy atom. The van der Waals surface area contributed by atoms with Gasteiger partial charge in [-0.2, -0.15) is 0 Å². The van der Waals surface area contributed by atoms with Crippen molar-refractivity contribution in [1.82, 2.24) is 10.2 Å². The molecule has 0 aliphatic rings. The normalized spacial score (nSPS) is 12.0. The largest absolute Gasteiger partial charge is 0.354 e. The molecule has 10 heteroatoms. The van der Waals surface area contributed by atoms with Crippen molar-refractivity contribution < 1.29 is 18.0 Å². The molecular weight excluding hydrogens is 634 g/mol. The fourth-order valence-electron chi connectivity index (χ4n) is 3.81. The molecule has 38 heavy (non-hydrogen) atoms. The van der Waals surface area contributed by atoms with E-state index in [9.17, 15) is 18.0 Å². The van der Waals surface area contributed by atoms with Crippen LogP contribution in [0.4, 0.5) is 5.69 Å². The van der Waals surface area contributed by atoms with Crippen LogP contribution in [-0.2, 0) is 26.2 Å². The Kier molecular flexibility index (Phi) is 10.9. The maximum Gasteiger partial charge on any atom is 0.264 e. The van der Waals surface area contributed by atoms with Crippen LogP contribution in [0.3, 0.4) is 0 Å². The summed E-state index contributed by atoms with van der Waals surface area (Å²) in [5, 5.41) is 2.88. The third-order valence-electron chi connectivity index (χ3n) is 5.96. The van der Waals surface area contributed by atoms with Gasteiger partial charge < -0.3 is 10.2 Å². The third-order valence-corrected chi connectivity index (χ3v) is 8.77. The number of benzene rings is 3. The lowest BCUT2D eigenvalue weighted by molar-refractivity contribution is -0.139. The highest BCUT2D eigenvalue weighted by Crippen LogP contribution is 2.26. The highest BCUT2D eigenvalue weighted by atomic mass is 79.9. The van der Waals surface area contributed by atoms with E-state index in [2.05, 4.69) is 37.2 Å². The molecule has 3 rings (SSSR count). The average Bonchev–Trinajstić information content (AvgIpc) is 2.91. The van der Waals surface area contributed by atoms with Crippen LogP contribution in [0, 0.1) is 0 Å². The Hall–Kier alpha value is -2.69. The minimum atomic E-state index is -4.08. The highest BCUT2D eigenvalue weighted by molar-refractivity contribution is 9.10. The van der Waals surface area contributed by atoms with Crippen molar-refractivity contribution in [3.63, 3.8) is 0 Å². The second kappa shape index (κ2) is 13.9. The summed E-state index contributed by atoms with van der Waals surface area (Å²) in [6.07, 6.45) is 1.75. The summed E-state index contributed by atoms with van der Waals surface area (Å²) < 4.78 is 30.1. The van der Waals surface area contributed by atoms with Gasteiger partial charge in [-0.1, -0.05) is 75.5 Å². The van der Waals surface area contributed by atoms with Gasteiger partial charge in [0.2, 0.25) is 11.8 Å². The van der Waals surface area contributed by atoms with Gasteiger partial charge in [0.05, 0.1) is 10.6 Å². The van der Waals surface area contributed by atoms with Crippen LogP contribution in [0.25, 0.3) is 0 Å². The molecule has 0 radical (unpaired) electrons. The maximum atomic E-state index is 13.9. The Labute approximate surface area is 241 Å². The molecule has 1 atom stereocenters. The number of halogens is 2. The van der Waals surface area contributed by atoms with Crippen LogP contribution in [0.15, 0.2) is 92.7 Å². The Morgan fingerprint density at radius 2 is 1.61 bits per heavy atom. The summed E-state index contributed by atoms with van der Waals surface area (Å²) in [6, 6.07) is 21.3. The van der Waals surface area contributed by atoms with Crippen molar-refractivity contribution in [3.05, 3.63) is 93.4 Å². The van der Waals surface area contributed by atoms with Gasteiger partial charge in [-0.15, -0.1) is 0 Å². The van der Waals surface area contributed by atoms with Crippen molar-refractivity contribution in [1.29, 1.82) is 0 Å². The molecule has 0 spiro atoms. The summed E-state index contributed by atoms with van der Waals surface area (Å²) in [7, 11) is -4.08. The van der Waals surface area contributed by atoms with E-state index in [1.54, 1.807) is 49.4 Å². The smallest absolute Gasteiger partial charge is 0.264 e. The summed E-state index contributed by atoms with van der Waals surface area (Å²) in [6.45, 7) is 3.86. The van der Waals surface area contributed by atoms with E-state index in [0.717, 1.165) is 31.7 Å². The predicted molar refractivity (Wildman–Crippen MR) is 157 cm³/mol. The predicted octanol–water partition coefficient (Wildman–Crippen LogP) is 5.74. The van der Waals surface area contributed by atoms with Crippen molar-refractivity contribution >= 4 is 59.4 Å². The maximum absolute atomic E-state index is 13.9. The van der Waals surface area contributed by atoms with Gasteiger partial charge in [0, 0.05) is 22.0 Å². The summed E-state index contributed by atoms with van der Waals surface area (Å²) in [5.41, 5.74) is 1.15. The van der Waals surface area contributed by atoms with Gasteiger partial charge >= 0.3 is 0 Å². The number of sulfonamides is 1. The molecule has 0 aromatic heterocycles. The van der Waals surface area contributed by atoms with Crippen molar-refractivity contribution in [2.75, 3.05) is 17.4 Å². The minimum Gasteiger partial charge on any atom is -0.354 e. The van der Waals surface area contributed by atoms with Crippen LogP contribution in [0.2, 0.25) is 0 Å².